The molecule has 1 aliphatic heterocycles. The zero-order valence-corrected chi connectivity index (χ0v) is 12.9. The first kappa shape index (κ1) is 16.1. The molecule has 1 atom stereocenters. The Balaban J connectivity index is 2.33. The van der Waals surface area contributed by atoms with Crippen LogP contribution < -0.4 is 0 Å². The van der Waals surface area contributed by atoms with Gasteiger partial charge in [-0.15, -0.1) is 0 Å². The molecule has 21 heavy (non-hydrogen) atoms. The van der Waals surface area contributed by atoms with Gasteiger partial charge < -0.3 is 0 Å². The molecule has 1 heterocycles. The van der Waals surface area contributed by atoms with E-state index in [1.165, 1.54) is 23.4 Å². The first-order valence-corrected chi connectivity index (χ1v) is 8.62. The third-order valence-electron chi connectivity index (χ3n) is 3.77. The number of nitrogens with zero attached hydrogens (tertiary/aromatic N) is 1. The molecule has 0 bridgehead atoms. The Hall–Kier alpha value is -1.27. The van der Waals surface area contributed by atoms with E-state index >= 15 is 0 Å². The number of carbonyl (C=O) groups excluding carboxylic acids is 1. The summed E-state index contributed by atoms with van der Waals surface area (Å²) in [6.07, 6.45) is 3.60. The number of halogens is 1. The minimum Gasteiger partial charge on any atom is -0.300 e. The van der Waals surface area contributed by atoms with E-state index in [1.807, 2.05) is 0 Å². The van der Waals surface area contributed by atoms with Gasteiger partial charge in [-0.05, 0) is 44.0 Å². The molecule has 2 rings (SSSR count). The number of Topliss-reactive ketones (excluding diaryl/α,β-unsaturated/α-hetero) is 1. The van der Waals surface area contributed by atoms with Gasteiger partial charge in [-0.1, -0.05) is 12.8 Å². The molecule has 1 fully saturated rings. The van der Waals surface area contributed by atoms with Gasteiger partial charge in [0.1, 0.15) is 11.6 Å². The molecule has 116 valence electrons. The lowest BCUT2D eigenvalue weighted by molar-refractivity contribution is -0.117. The molecule has 1 saturated heterocycles. The summed E-state index contributed by atoms with van der Waals surface area (Å²) in [6.45, 7) is 1.89. The quantitative estimate of drug-likeness (QED) is 0.859. The van der Waals surface area contributed by atoms with Crippen molar-refractivity contribution in [3.05, 3.63) is 30.1 Å². The van der Waals surface area contributed by atoms with Crippen LogP contribution in [-0.2, 0) is 14.8 Å². The fourth-order valence-electron chi connectivity index (χ4n) is 2.75. The van der Waals surface area contributed by atoms with Crippen LogP contribution in [0.5, 0.6) is 0 Å². The standard InChI is InChI=1S/C15H20FNO3S/c1-12(18)11-14-5-3-2-4-10-17(14)21(19,20)15-8-6-13(16)7-9-15/h6-9,14H,2-5,10-11H2,1H3. The number of carbonyl (C=O) groups is 1. The zero-order chi connectivity index (χ0) is 15.5. The number of ketones is 1. The van der Waals surface area contributed by atoms with Crippen molar-refractivity contribution < 1.29 is 17.6 Å². The molecule has 1 aromatic rings. The predicted molar refractivity (Wildman–Crippen MR) is 77.8 cm³/mol. The Morgan fingerprint density at radius 2 is 1.90 bits per heavy atom. The average Bonchev–Trinajstić information content (AvgIpc) is 2.64. The topological polar surface area (TPSA) is 54.5 Å². The molecule has 1 aromatic carbocycles. The third-order valence-corrected chi connectivity index (χ3v) is 5.73. The lowest BCUT2D eigenvalue weighted by atomic mass is 10.1. The lowest BCUT2D eigenvalue weighted by Crippen LogP contribution is -2.40. The highest BCUT2D eigenvalue weighted by atomic mass is 32.2. The van der Waals surface area contributed by atoms with Crippen LogP contribution in [0.1, 0.15) is 39.0 Å². The van der Waals surface area contributed by atoms with E-state index in [2.05, 4.69) is 0 Å². The summed E-state index contributed by atoms with van der Waals surface area (Å²) in [4.78, 5) is 11.5. The summed E-state index contributed by atoms with van der Waals surface area (Å²) < 4.78 is 39.9. The van der Waals surface area contributed by atoms with Gasteiger partial charge in [0.05, 0.1) is 4.90 Å². The number of hydrogen-bond donors (Lipinski definition) is 0. The van der Waals surface area contributed by atoms with Gasteiger partial charge in [0.2, 0.25) is 10.0 Å². The minimum atomic E-state index is -3.68. The molecule has 0 saturated carbocycles. The summed E-state index contributed by atoms with van der Waals surface area (Å²) >= 11 is 0. The van der Waals surface area contributed by atoms with Gasteiger partial charge >= 0.3 is 0 Å². The third kappa shape index (κ3) is 3.89. The molecular weight excluding hydrogens is 293 g/mol. The maximum Gasteiger partial charge on any atom is 0.243 e. The first-order valence-electron chi connectivity index (χ1n) is 7.18. The van der Waals surface area contributed by atoms with E-state index < -0.39 is 15.8 Å². The van der Waals surface area contributed by atoms with Crippen molar-refractivity contribution in [2.75, 3.05) is 6.54 Å². The molecular formula is C15H20FNO3S. The Morgan fingerprint density at radius 1 is 1.24 bits per heavy atom. The van der Waals surface area contributed by atoms with Crippen LogP contribution in [0.25, 0.3) is 0 Å². The summed E-state index contributed by atoms with van der Waals surface area (Å²) in [6, 6.07) is 4.55. The van der Waals surface area contributed by atoms with Crippen LogP contribution in [0.3, 0.4) is 0 Å². The molecule has 0 radical (unpaired) electrons. The SMILES string of the molecule is CC(=O)CC1CCCCCN1S(=O)(=O)c1ccc(F)cc1. The van der Waals surface area contributed by atoms with Crippen LogP contribution in [0.2, 0.25) is 0 Å². The van der Waals surface area contributed by atoms with Gasteiger partial charge in [0.25, 0.3) is 0 Å². The fourth-order valence-corrected chi connectivity index (χ4v) is 4.44. The van der Waals surface area contributed by atoms with E-state index in [4.69, 9.17) is 0 Å². The first-order chi connectivity index (χ1) is 9.91. The Bertz CT molecular complexity index is 598. The Labute approximate surface area is 125 Å². The molecule has 0 aliphatic carbocycles. The van der Waals surface area contributed by atoms with E-state index in [1.54, 1.807) is 0 Å². The highest BCUT2D eigenvalue weighted by Gasteiger charge is 2.32. The number of benzene rings is 1. The highest BCUT2D eigenvalue weighted by molar-refractivity contribution is 7.89. The van der Waals surface area contributed by atoms with Crippen molar-refractivity contribution in [1.82, 2.24) is 4.31 Å². The van der Waals surface area contributed by atoms with Gasteiger partial charge in [-0.25, -0.2) is 12.8 Å². The van der Waals surface area contributed by atoms with Crippen molar-refractivity contribution in [2.24, 2.45) is 0 Å². The van der Waals surface area contributed by atoms with Gasteiger partial charge in [0.15, 0.2) is 0 Å². The summed E-state index contributed by atoms with van der Waals surface area (Å²) in [5.41, 5.74) is 0. The monoisotopic (exact) mass is 313 g/mol. The van der Waals surface area contributed by atoms with Gasteiger partial charge in [0, 0.05) is 19.0 Å². The van der Waals surface area contributed by atoms with Gasteiger partial charge in [-0.3, -0.25) is 4.79 Å². The van der Waals surface area contributed by atoms with Crippen molar-refractivity contribution in [3.8, 4) is 0 Å². The molecule has 0 amide bonds. The van der Waals surface area contributed by atoms with Crippen LogP contribution >= 0.6 is 0 Å². The zero-order valence-electron chi connectivity index (χ0n) is 12.1. The van der Waals surface area contributed by atoms with Crippen LogP contribution in [0.4, 0.5) is 4.39 Å². The molecule has 1 aliphatic rings. The van der Waals surface area contributed by atoms with E-state index in [-0.39, 0.29) is 23.1 Å². The maximum absolute atomic E-state index is 13.0. The Morgan fingerprint density at radius 3 is 2.52 bits per heavy atom. The smallest absolute Gasteiger partial charge is 0.243 e. The number of hydrogen-bond acceptors (Lipinski definition) is 3. The Kier molecular flexibility index (Phi) is 5.11. The van der Waals surface area contributed by atoms with Crippen LogP contribution in [0.15, 0.2) is 29.2 Å². The summed E-state index contributed by atoms with van der Waals surface area (Å²) in [5.74, 6) is -0.480. The molecule has 0 aromatic heterocycles. The number of sulfonamides is 1. The summed E-state index contributed by atoms with van der Waals surface area (Å²) in [7, 11) is -3.68. The van der Waals surface area contributed by atoms with Crippen molar-refractivity contribution in [2.45, 2.75) is 50.0 Å². The molecule has 0 spiro atoms. The van der Waals surface area contributed by atoms with Gasteiger partial charge in [-0.2, -0.15) is 4.31 Å². The van der Waals surface area contributed by atoms with Crippen LogP contribution in [-0.4, -0.2) is 31.1 Å². The highest BCUT2D eigenvalue weighted by Crippen LogP contribution is 2.26. The van der Waals surface area contributed by atoms with Crippen molar-refractivity contribution >= 4 is 15.8 Å². The second-order valence-electron chi connectivity index (χ2n) is 5.48. The van der Waals surface area contributed by atoms with Crippen molar-refractivity contribution in [1.29, 1.82) is 0 Å². The van der Waals surface area contributed by atoms with Crippen LogP contribution in [0, 0.1) is 5.82 Å². The summed E-state index contributed by atoms with van der Waals surface area (Å²) in [5, 5.41) is 0. The van der Waals surface area contributed by atoms with E-state index in [0.29, 0.717) is 13.0 Å². The molecule has 0 N–H and O–H groups in total. The molecule has 1 unspecified atom stereocenters. The van der Waals surface area contributed by atoms with Crippen molar-refractivity contribution in [3.63, 3.8) is 0 Å². The maximum atomic E-state index is 13.0. The largest absolute Gasteiger partial charge is 0.300 e. The molecule has 4 nitrogen and oxygen atoms in total. The van der Waals surface area contributed by atoms with E-state index in [0.717, 1.165) is 31.4 Å². The minimum absolute atomic E-state index is 0.0128. The van der Waals surface area contributed by atoms with E-state index in [9.17, 15) is 17.6 Å². The fraction of sp³-hybridized carbons (Fsp3) is 0.533. The lowest BCUT2D eigenvalue weighted by Gasteiger charge is -2.28. The second kappa shape index (κ2) is 6.66. The average molecular weight is 313 g/mol. The predicted octanol–water partition coefficient (Wildman–Crippen LogP) is 2.74. The second-order valence-corrected chi connectivity index (χ2v) is 7.37. The normalized spacial score (nSPS) is 21.0. The molecule has 6 heteroatoms. The number of rotatable bonds is 4.